The van der Waals surface area contributed by atoms with Crippen molar-refractivity contribution in [2.75, 3.05) is 33.4 Å². The Kier molecular flexibility index (Phi) is 18.5. The molecule has 0 amide bonds. The summed E-state index contributed by atoms with van der Waals surface area (Å²) in [7, 11) is 1.91. The Morgan fingerprint density at radius 3 is 2.48 bits per heavy atom. The van der Waals surface area contributed by atoms with Crippen LogP contribution in [0.1, 0.15) is 41.5 Å². The van der Waals surface area contributed by atoms with E-state index in [1.807, 2.05) is 71.7 Å². The first-order valence-corrected chi connectivity index (χ1v) is 10.2. The SMILES string of the molecule is C=C(C#CC1=C/C(=C/CF)C(=NCC)N1)/C=C\C(=C/C)N(C)CCO.CC.CC. The minimum absolute atomic E-state index is 0.0959. The second-order valence-corrected chi connectivity index (χ2v) is 5.29. The predicted octanol–water partition coefficient (Wildman–Crippen LogP) is 4.78. The molecule has 0 aromatic heterocycles. The molecule has 0 aromatic rings. The fourth-order valence-corrected chi connectivity index (χ4v) is 2.15. The average molecular weight is 404 g/mol. The maximum absolute atomic E-state index is 12.6. The van der Waals surface area contributed by atoms with Crippen LogP contribution in [0.3, 0.4) is 0 Å². The van der Waals surface area contributed by atoms with Crippen LogP contribution in [-0.4, -0.2) is 49.3 Å². The van der Waals surface area contributed by atoms with E-state index in [0.717, 1.165) is 11.3 Å². The van der Waals surface area contributed by atoms with Gasteiger partial charge >= 0.3 is 0 Å². The highest BCUT2D eigenvalue weighted by molar-refractivity contribution is 6.05. The Balaban J connectivity index is 0. The van der Waals surface area contributed by atoms with Crippen molar-refractivity contribution in [3.8, 4) is 11.8 Å². The number of aliphatic imine (C=N–C) groups is 1. The smallest absolute Gasteiger partial charge is 0.133 e. The van der Waals surface area contributed by atoms with Crippen molar-refractivity contribution in [3.05, 3.63) is 59.5 Å². The minimum Gasteiger partial charge on any atom is -0.395 e. The first-order chi connectivity index (χ1) is 14.0. The van der Waals surface area contributed by atoms with E-state index in [2.05, 4.69) is 28.7 Å². The van der Waals surface area contributed by atoms with Gasteiger partial charge in [0.2, 0.25) is 0 Å². The summed E-state index contributed by atoms with van der Waals surface area (Å²) in [5.41, 5.74) is 3.01. The third kappa shape index (κ3) is 11.8. The lowest BCUT2D eigenvalue weighted by Crippen LogP contribution is -2.20. The van der Waals surface area contributed by atoms with Crippen molar-refractivity contribution in [3.63, 3.8) is 0 Å². The fraction of sp³-hybridized carbons (Fsp3) is 0.458. The molecule has 162 valence electrons. The molecule has 0 aromatic carbocycles. The Hall–Kier alpha value is -2.58. The molecule has 29 heavy (non-hydrogen) atoms. The number of allylic oxidation sites excluding steroid dienone is 6. The number of nitrogens with zero attached hydrogens (tertiary/aromatic N) is 2. The summed E-state index contributed by atoms with van der Waals surface area (Å²) in [5.74, 6) is 6.60. The second-order valence-electron chi connectivity index (χ2n) is 5.29. The van der Waals surface area contributed by atoms with E-state index in [1.54, 1.807) is 6.08 Å². The van der Waals surface area contributed by atoms with Gasteiger partial charge in [0.25, 0.3) is 0 Å². The maximum Gasteiger partial charge on any atom is 0.133 e. The lowest BCUT2D eigenvalue weighted by molar-refractivity contribution is 0.248. The predicted molar refractivity (Wildman–Crippen MR) is 125 cm³/mol. The number of nitrogens with one attached hydrogen (secondary N) is 1. The average Bonchev–Trinajstić information content (AvgIpc) is 3.12. The lowest BCUT2D eigenvalue weighted by atomic mass is 10.2. The number of halogens is 1. The van der Waals surface area contributed by atoms with Crippen molar-refractivity contribution < 1.29 is 9.50 Å². The molecule has 5 heteroatoms. The Bertz CT molecular complexity index is 689. The molecule has 2 N–H and O–H groups in total. The van der Waals surface area contributed by atoms with Crippen molar-refractivity contribution in [1.29, 1.82) is 0 Å². The molecule has 0 saturated heterocycles. The monoisotopic (exact) mass is 403 g/mol. The van der Waals surface area contributed by atoms with Crippen LogP contribution in [0.4, 0.5) is 4.39 Å². The number of alkyl halides is 1. The molecule has 4 nitrogen and oxygen atoms in total. The zero-order chi connectivity index (χ0) is 22.7. The highest BCUT2D eigenvalue weighted by Gasteiger charge is 2.13. The van der Waals surface area contributed by atoms with E-state index < -0.39 is 6.67 Å². The summed E-state index contributed by atoms with van der Waals surface area (Å²) in [5, 5.41) is 12.1. The summed E-state index contributed by atoms with van der Waals surface area (Å²) in [4.78, 5) is 6.23. The Morgan fingerprint density at radius 2 is 1.97 bits per heavy atom. The van der Waals surface area contributed by atoms with Crippen LogP contribution in [0.5, 0.6) is 0 Å². The van der Waals surface area contributed by atoms with Gasteiger partial charge in [-0.15, -0.1) is 0 Å². The normalized spacial score (nSPS) is 15.5. The molecule has 0 saturated carbocycles. The Labute approximate surface area is 177 Å². The van der Waals surface area contributed by atoms with Gasteiger partial charge in [0.05, 0.1) is 12.3 Å². The van der Waals surface area contributed by atoms with E-state index in [9.17, 15) is 4.39 Å². The van der Waals surface area contributed by atoms with E-state index in [1.165, 1.54) is 6.08 Å². The van der Waals surface area contributed by atoms with Gasteiger partial charge in [-0.2, -0.15) is 0 Å². The van der Waals surface area contributed by atoms with Crippen LogP contribution in [-0.2, 0) is 0 Å². The lowest BCUT2D eigenvalue weighted by Gasteiger charge is -2.18. The number of aliphatic hydroxyl groups excluding tert-OH is 1. The van der Waals surface area contributed by atoms with Crippen molar-refractivity contribution >= 4 is 5.84 Å². The van der Waals surface area contributed by atoms with E-state index in [4.69, 9.17) is 5.11 Å². The molecule has 1 rings (SSSR count). The quantitative estimate of drug-likeness (QED) is 0.475. The highest BCUT2D eigenvalue weighted by Crippen LogP contribution is 2.12. The van der Waals surface area contributed by atoms with Gasteiger partial charge in [0.15, 0.2) is 0 Å². The molecule has 0 fully saturated rings. The molecular formula is C24H38FN3O. The molecule has 0 bridgehead atoms. The maximum atomic E-state index is 12.6. The van der Waals surface area contributed by atoms with Crippen LogP contribution < -0.4 is 5.32 Å². The number of hydrogen-bond acceptors (Lipinski definition) is 3. The van der Waals surface area contributed by atoms with Gasteiger partial charge in [-0.05, 0) is 44.1 Å². The van der Waals surface area contributed by atoms with Gasteiger partial charge in [0.1, 0.15) is 12.5 Å². The van der Waals surface area contributed by atoms with Gasteiger partial charge in [-0.25, -0.2) is 4.39 Å². The Morgan fingerprint density at radius 1 is 1.31 bits per heavy atom. The van der Waals surface area contributed by atoms with Gasteiger partial charge < -0.3 is 15.3 Å². The number of likely N-dealkylation sites (N-methyl/N-ethyl adjacent to an activating group) is 1. The molecule has 1 aliphatic rings. The van der Waals surface area contributed by atoms with Crippen LogP contribution >= 0.6 is 0 Å². The van der Waals surface area contributed by atoms with Crippen LogP contribution in [0.2, 0.25) is 0 Å². The zero-order valence-corrected chi connectivity index (χ0v) is 19.1. The molecule has 0 radical (unpaired) electrons. The largest absolute Gasteiger partial charge is 0.395 e. The zero-order valence-electron chi connectivity index (χ0n) is 19.1. The van der Waals surface area contributed by atoms with E-state index in [0.29, 0.717) is 30.2 Å². The van der Waals surface area contributed by atoms with Gasteiger partial charge in [-0.3, -0.25) is 4.99 Å². The number of aliphatic hydroxyl groups is 1. The first kappa shape index (κ1) is 28.6. The van der Waals surface area contributed by atoms with Crippen molar-refractivity contribution in [1.82, 2.24) is 10.2 Å². The summed E-state index contributed by atoms with van der Waals surface area (Å²) in [6, 6.07) is 0. The topological polar surface area (TPSA) is 47.9 Å². The summed E-state index contributed by atoms with van der Waals surface area (Å²) in [6.07, 6.45) is 8.94. The third-order valence-electron chi connectivity index (χ3n) is 3.42. The standard InChI is InChI=1S/C20H26FN3O.2C2H6/c1-5-19(24(4)13-14-25)10-8-16(3)7-9-18-15-17(11-12-21)20(23-18)22-6-2;2*1-2/h5,8,10-11,15,25H,3,6,12-14H2,1-2,4H3,(H,22,23);2*1-2H3/b10-8-,17-11-,19-5+;;. The van der Waals surface area contributed by atoms with E-state index in [-0.39, 0.29) is 6.61 Å². The summed E-state index contributed by atoms with van der Waals surface area (Å²) >= 11 is 0. The van der Waals surface area contributed by atoms with Crippen LogP contribution in [0.25, 0.3) is 0 Å². The van der Waals surface area contributed by atoms with Crippen molar-refractivity contribution in [2.45, 2.75) is 41.5 Å². The minimum atomic E-state index is -0.542. The summed E-state index contributed by atoms with van der Waals surface area (Å²) < 4.78 is 12.6. The molecule has 0 spiro atoms. The molecule has 0 unspecified atom stereocenters. The van der Waals surface area contributed by atoms with Gasteiger partial charge in [-0.1, -0.05) is 46.3 Å². The summed E-state index contributed by atoms with van der Waals surface area (Å²) in [6.45, 7) is 16.5. The van der Waals surface area contributed by atoms with Crippen molar-refractivity contribution in [2.24, 2.45) is 4.99 Å². The number of hydrogen-bond donors (Lipinski definition) is 2. The second kappa shape index (κ2) is 18.8. The first-order valence-electron chi connectivity index (χ1n) is 10.2. The number of amidine groups is 1. The molecule has 1 heterocycles. The van der Waals surface area contributed by atoms with E-state index >= 15 is 0 Å². The third-order valence-corrected chi connectivity index (χ3v) is 3.42. The number of rotatable bonds is 7. The highest BCUT2D eigenvalue weighted by atomic mass is 19.1. The van der Waals surface area contributed by atoms with Crippen LogP contribution in [0, 0.1) is 11.8 Å². The van der Waals surface area contributed by atoms with Crippen LogP contribution in [0.15, 0.2) is 64.5 Å². The molecule has 0 aliphatic carbocycles. The molecule has 0 atom stereocenters. The molecular weight excluding hydrogens is 365 g/mol. The molecule has 1 aliphatic heterocycles. The van der Waals surface area contributed by atoms with Gasteiger partial charge in [0, 0.05) is 37.0 Å². The fourth-order valence-electron chi connectivity index (χ4n) is 2.15.